The average Bonchev–Trinajstić information content (AvgIpc) is 2.91. The highest BCUT2D eigenvalue weighted by atomic mass is 32.2. The molecule has 14 heavy (non-hydrogen) atoms. The van der Waals surface area contributed by atoms with Gasteiger partial charge in [0.05, 0.1) is 17.1 Å². The molecule has 0 unspecified atom stereocenters. The second-order valence-corrected chi connectivity index (χ2v) is 5.50. The Balaban J connectivity index is 2.14. The lowest BCUT2D eigenvalue weighted by molar-refractivity contribution is 0.600. The summed E-state index contributed by atoms with van der Waals surface area (Å²) in [5, 5.41) is -0.191. The van der Waals surface area contributed by atoms with Crippen molar-refractivity contribution >= 4 is 15.7 Å². The Morgan fingerprint density at radius 2 is 2.14 bits per heavy atom. The molecule has 1 fully saturated rings. The highest BCUT2D eigenvalue weighted by Gasteiger charge is 2.35. The second kappa shape index (κ2) is 3.24. The summed E-state index contributed by atoms with van der Waals surface area (Å²) in [7, 11) is -3.14. The summed E-state index contributed by atoms with van der Waals surface area (Å²) in [6.07, 6.45) is 3.08. The van der Waals surface area contributed by atoms with Gasteiger partial charge in [-0.2, -0.15) is 0 Å². The minimum atomic E-state index is -3.14. The number of aryl methyl sites for hydroxylation is 1. The van der Waals surface area contributed by atoms with E-state index in [9.17, 15) is 8.42 Å². The van der Waals surface area contributed by atoms with Gasteiger partial charge in [0.15, 0.2) is 0 Å². The van der Waals surface area contributed by atoms with Crippen LogP contribution < -0.4 is 4.72 Å². The Labute approximate surface area is 83.4 Å². The van der Waals surface area contributed by atoms with Gasteiger partial charge in [-0.25, -0.2) is 8.42 Å². The number of anilines is 1. The lowest BCUT2D eigenvalue weighted by atomic mass is 10.4. The van der Waals surface area contributed by atoms with Gasteiger partial charge < -0.3 is 0 Å². The molecule has 0 saturated heterocycles. The first kappa shape index (κ1) is 9.45. The molecule has 0 spiro atoms. The first-order valence-electron chi connectivity index (χ1n) is 4.52. The summed E-state index contributed by atoms with van der Waals surface area (Å²) in [6.45, 7) is 1.86. The summed E-state index contributed by atoms with van der Waals surface area (Å²) in [5.41, 5.74) is 1.42. The summed E-state index contributed by atoms with van der Waals surface area (Å²) in [4.78, 5) is 4.02. The smallest absolute Gasteiger partial charge is 0.235 e. The molecule has 4 nitrogen and oxygen atoms in total. The molecule has 1 heterocycles. The Bertz CT molecular complexity index is 421. The van der Waals surface area contributed by atoms with E-state index in [0.29, 0.717) is 5.69 Å². The van der Waals surface area contributed by atoms with E-state index in [1.807, 2.05) is 6.92 Å². The van der Waals surface area contributed by atoms with Crippen molar-refractivity contribution in [2.24, 2.45) is 0 Å². The highest BCUT2D eigenvalue weighted by Crippen LogP contribution is 2.29. The van der Waals surface area contributed by atoms with Gasteiger partial charge in [-0.05, 0) is 31.9 Å². The van der Waals surface area contributed by atoms with Gasteiger partial charge in [-0.1, -0.05) is 0 Å². The fourth-order valence-corrected chi connectivity index (χ4v) is 2.53. The zero-order valence-corrected chi connectivity index (χ0v) is 8.71. The van der Waals surface area contributed by atoms with E-state index in [1.54, 1.807) is 12.1 Å². The molecule has 0 radical (unpaired) electrons. The van der Waals surface area contributed by atoms with Gasteiger partial charge >= 0.3 is 0 Å². The average molecular weight is 212 g/mol. The number of hydrogen-bond donors (Lipinski definition) is 1. The Morgan fingerprint density at radius 3 is 2.64 bits per heavy atom. The van der Waals surface area contributed by atoms with Crippen molar-refractivity contribution in [1.82, 2.24) is 4.98 Å². The standard InChI is InChI=1S/C9H12N2O2S/c1-7-2-3-8(6-10-7)11-14(12,13)9-4-5-9/h2-3,6,9,11H,4-5H2,1H3. The molecule has 0 aliphatic heterocycles. The molecule has 1 aliphatic carbocycles. The van der Waals surface area contributed by atoms with E-state index in [0.717, 1.165) is 18.5 Å². The molecule has 0 amide bonds. The molecule has 0 aromatic carbocycles. The van der Waals surface area contributed by atoms with E-state index in [2.05, 4.69) is 9.71 Å². The minimum absolute atomic E-state index is 0.191. The summed E-state index contributed by atoms with van der Waals surface area (Å²) >= 11 is 0. The van der Waals surface area contributed by atoms with E-state index >= 15 is 0 Å². The van der Waals surface area contributed by atoms with Gasteiger partial charge in [0, 0.05) is 5.69 Å². The van der Waals surface area contributed by atoms with Gasteiger partial charge in [0.1, 0.15) is 0 Å². The Morgan fingerprint density at radius 1 is 1.43 bits per heavy atom. The van der Waals surface area contributed by atoms with Crippen LogP contribution in [-0.2, 0) is 10.0 Å². The molecule has 1 N–H and O–H groups in total. The summed E-state index contributed by atoms with van der Waals surface area (Å²) < 4.78 is 25.5. The summed E-state index contributed by atoms with van der Waals surface area (Å²) in [6, 6.07) is 3.51. The van der Waals surface area contributed by atoms with Crippen LogP contribution in [0.5, 0.6) is 0 Å². The highest BCUT2D eigenvalue weighted by molar-refractivity contribution is 7.93. The van der Waals surface area contributed by atoms with Crippen LogP contribution >= 0.6 is 0 Å². The third-order valence-corrected chi connectivity index (χ3v) is 4.00. The van der Waals surface area contributed by atoms with Crippen molar-refractivity contribution in [2.75, 3.05) is 4.72 Å². The van der Waals surface area contributed by atoms with Crippen molar-refractivity contribution in [2.45, 2.75) is 25.0 Å². The van der Waals surface area contributed by atoms with Crippen LogP contribution in [-0.4, -0.2) is 18.7 Å². The third-order valence-electron chi connectivity index (χ3n) is 2.13. The molecular formula is C9H12N2O2S. The molecule has 5 heteroatoms. The number of sulfonamides is 1. The van der Waals surface area contributed by atoms with Crippen LogP contribution in [0.25, 0.3) is 0 Å². The number of nitrogens with zero attached hydrogens (tertiary/aromatic N) is 1. The lowest BCUT2D eigenvalue weighted by Crippen LogP contribution is -2.17. The number of aromatic nitrogens is 1. The Hall–Kier alpha value is -1.10. The van der Waals surface area contributed by atoms with Crippen LogP contribution in [0.4, 0.5) is 5.69 Å². The van der Waals surface area contributed by atoms with Gasteiger partial charge in [0.2, 0.25) is 10.0 Å². The zero-order valence-electron chi connectivity index (χ0n) is 7.90. The normalized spacial score (nSPS) is 16.6. The first-order chi connectivity index (χ1) is 6.58. The number of rotatable bonds is 3. The molecule has 1 aliphatic rings. The maximum absolute atomic E-state index is 11.5. The van der Waals surface area contributed by atoms with Crippen LogP contribution in [0.1, 0.15) is 18.5 Å². The molecule has 2 rings (SSSR count). The molecule has 0 atom stereocenters. The van der Waals surface area contributed by atoms with Crippen LogP contribution in [0.2, 0.25) is 0 Å². The van der Waals surface area contributed by atoms with Gasteiger partial charge in [-0.15, -0.1) is 0 Å². The minimum Gasteiger partial charge on any atom is -0.282 e. The maximum atomic E-state index is 11.5. The van der Waals surface area contributed by atoms with Crippen molar-refractivity contribution in [3.63, 3.8) is 0 Å². The van der Waals surface area contributed by atoms with Crippen LogP contribution in [0.15, 0.2) is 18.3 Å². The van der Waals surface area contributed by atoms with E-state index < -0.39 is 10.0 Å². The molecule has 76 valence electrons. The van der Waals surface area contributed by atoms with Crippen LogP contribution in [0, 0.1) is 6.92 Å². The van der Waals surface area contributed by atoms with Gasteiger partial charge in [0.25, 0.3) is 0 Å². The number of hydrogen-bond acceptors (Lipinski definition) is 3. The molecule has 1 aromatic rings. The van der Waals surface area contributed by atoms with Crippen molar-refractivity contribution in [1.29, 1.82) is 0 Å². The molecule has 0 bridgehead atoms. The van der Waals surface area contributed by atoms with E-state index in [-0.39, 0.29) is 5.25 Å². The topological polar surface area (TPSA) is 59.1 Å². The predicted molar refractivity (Wildman–Crippen MR) is 54.5 cm³/mol. The number of pyridine rings is 1. The predicted octanol–water partition coefficient (Wildman–Crippen LogP) is 1.29. The van der Waals surface area contributed by atoms with Crippen molar-refractivity contribution in [3.05, 3.63) is 24.0 Å². The molecule has 1 aromatic heterocycles. The fraction of sp³-hybridized carbons (Fsp3) is 0.444. The molecule has 1 saturated carbocycles. The maximum Gasteiger partial charge on any atom is 0.235 e. The van der Waals surface area contributed by atoms with Crippen molar-refractivity contribution in [3.8, 4) is 0 Å². The van der Waals surface area contributed by atoms with E-state index in [1.165, 1.54) is 6.20 Å². The molecular weight excluding hydrogens is 200 g/mol. The first-order valence-corrected chi connectivity index (χ1v) is 6.07. The monoisotopic (exact) mass is 212 g/mol. The number of nitrogens with one attached hydrogen (secondary N) is 1. The largest absolute Gasteiger partial charge is 0.282 e. The van der Waals surface area contributed by atoms with Gasteiger partial charge in [-0.3, -0.25) is 9.71 Å². The lowest BCUT2D eigenvalue weighted by Gasteiger charge is -2.05. The third kappa shape index (κ3) is 2.04. The van der Waals surface area contributed by atoms with Crippen molar-refractivity contribution < 1.29 is 8.42 Å². The van der Waals surface area contributed by atoms with E-state index in [4.69, 9.17) is 0 Å². The fourth-order valence-electron chi connectivity index (χ4n) is 1.15. The Kier molecular flexibility index (Phi) is 2.19. The quantitative estimate of drug-likeness (QED) is 0.821. The zero-order chi connectivity index (χ0) is 10.2. The second-order valence-electron chi connectivity index (χ2n) is 3.53. The van der Waals surface area contributed by atoms with Crippen LogP contribution in [0.3, 0.4) is 0 Å². The SMILES string of the molecule is Cc1ccc(NS(=O)(=O)C2CC2)cn1. The summed E-state index contributed by atoms with van der Waals surface area (Å²) in [5.74, 6) is 0.